The number of ketones is 1. The minimum absolute atomic E-state index is 0.0542. The van der Waals surface area contributed by atoms with Crippen LogP contribution in [0.2, 0.25) is 0 Å². The Morgan fingerprint density at radius 2 is 1.00 bits per heavy atom. The first kappa shape index (κ1) is 24.9. The van der Waals surface area contributed by atoms with Gasteiger partial charge in [-0.1, -0.05) is 110 Å². The van der Waals surface area contributed by atoms with Crippen molar-refractivity contribution >= 4 is 11.8 Å². The van der Waals surface area contributed by atoms with Gasteiger partial charge in [0.1, 0.15) is 0 Å². The lowest BCUT2D eigenvalue weighted by Crippen LogP contribution is -2.13. The normalized spacial score (nSPS) is 10.7. The molecule has 0 N–H and O–H groups in total. The van der Waals surface area contributed by atoms with E-state index in [0.717, 1.165) is 12.8 Å². The summed E-state index contributed by atoms with van der Waals surface area (Å²) in [4.78, 5) is 22.4. The lowest BCUT2D eigenvalue weighted by Gasteiger charge is -2.05. The molecule has 0 radical (unpaired) electrons. The van der Waals surface area contributed by atoms with Gasteiger partial charge in [0.2, 0.25) is 0 Å². The highest BCUT2D eigenvalue weighted by Crippen LogP contribution is 2.13. The molecule has 0 atom stereocenters. The molecule has 0 amide bonds. The van der Waals surface area contributed by atoms with Crippen LogP contribution in [0.4, 0.5) is 0 Å². The van der Waals surface area contributed by atoms with Crippen LogP contribution < -0.4 is 0 Å². The second-order valence-corrected chi connectivity index (χ2v) is 7.47. The first-order valence-electron chi connectivity index (χ1n) is 11.0. The molecule has 3 nitrogen and oxygen atoms in total. The van der Waals surface area contributed by atoms with E-state index in [0.29, 0.717) is 6.61 Å². The van der Waals surface area contributed by atoms with E-state index in [2.05, 4.69) is 13.5 Å². The third-order valence-electron chi connectivity index (χ3n) is 4.90. The summed E-state index contributed by atoms with van der Waals surface area (Å²) in [6.07, 6.45) is 21.1. The maximum absolute atomic E-state index is 11.4. The second-order valence-electron chi connectivity index (χ2n) is 7.47. The zero-order chi connectivity index (χ0) is 19.5. The van der Waals surface area contributed by atoms with E-state index in [-0.39, 0.29) is 11.4 Å². The predicted octanol–water partition coefficient (Wildman–Crippen LogP) is 6.94. The lowest BCUT2D eigenvalue weighted by molar-refractivity contribution is -0.140. The van der Waals surface area contributed by atoms with Crippen LogP contribution in [0, 0.1) is 0 Å². The Kier molecular flexibility index (Phi) is 17.9. The minimum atomic E-state index is -0.571. The number of esters is 1. The van der Waals surface area contributed by atoms with Crippen molar-refractivity contribution in [2.24, 2.45) is 0 Å². The number of ether oxygens (including phenoxy) is 1. The van der Waals surface area contributed by atoms with Crippen molar-refractivity contribution < 1.29 is 14.3 Å². The van der Waals surface area contributed by atoms with Crippen molar-refractivity contribution in [3.8, 4) is 0 Å². The SMILES string of the molecule is C=C(C(C)=O)C(=O)OCCCCCCCCCCCCCCCCCC. The van der Waals surface area contributed by atoms with E-state index in [9.17, 15) is 9.59 Å². The summed E-state index contributed by atoms with van der Waals surface area (Å²) < 4.78 is 5.02. The fourth-order valence-electron chi connectivity index (χ4n) is 3.05. The summed E-state index contributed by atoms with van der Waals surface area (Å²) in [6.45, 7) is 7.42. The van der Waals surface area contributed by atoms with Gasteiger partial charge in [-0.25, -0.2) is 4.79 Å². The number of carbonyl (C=O) groups is 2. The van der Waals surface area contributed by atoms with Gasteiger partial charge in [0, 0.05) is 0 Å². The maximum atomic E-state index is 11.4. The summed E-state index contributed by atoms with van der Waals surface area (Å²) >= 11 is 0. The number of hydrogen-bond donors (Lipinski definition) is 0. The molecule has 0 aromatic heterocycles. The predicted molar refractivity (Wildman–Crippen MR) is 110 cm³/mol. The molecule has 0 fully saturated rings. The molecule has 0 aromatic rings. The van der Waals surface area contributed by atoms with Gasteiger partial charge in [-0.2, -0.15) is 0 Å². The van der Waals surface area contributed by atoms with Crippen LogP contribution in [0.5, 0.6) is 0 Å². The molecule has 0 aliphatic heterocycles. The zero-order valence-corrected chi connectivity index (χ0v) is 17.5. The highest BCUT2D eigenvalue weighted by Gasteiger charge is 2.12. The Morgan fingerprint density at radius 3 is 1.35 bits per heavy atom. The standard InChI is InChI=1S/C23H42O3/c1-4-5-6-7-8-9-10-11-12-13-14-15-16-17-18-19-20-26-23(25)21(2)22(3)24/h2,4-20H2,1,3H3. The first-order valence-corrected chi connectivity index (χ1v) is 11.0. The Hall–Kier alpha value is -1.12. The van der Waals surface area contributed by atoms with E-state index < -0.39 is 5.97 Å². The van der Waals surface area contributed by atoms with Crippen LogP contribution in [-0.2, 0) is 14.3 Å². The molecule has 3 heteroatoms. The average Bonchev–Trinajstić information content (AvgIpc) is 2.63. The Balaban J connectivity index is 3.17. The van der Waals surface area contributed by atoms with Gasteiger partial charge in [-0.3, -0.25) is 4.79 Å². The minimum Gasteiger partial charge on any atom is -0.462 e. The van der Waals surface area contributed by atoms with E-state index >= 15 is 0 Å². The van der Waals surface area contributed by atoms with Crippen LogP contribution in [-0.4, -0.2) is 18.4 Å². The molecule has 0 aromatic carbocycles. The number of unbranched alkanes of at least 4 members (excludes halogenated alkanes) is 15. The summed E-state index contributed by atoms with van der Waals surface area (Å²) in [6, 6.07) is 0. The molecule has 0 aliphatic rings. The molecule has 0 heterocycles. The van der Waals surface area contributed by atoms with Gasteiger partial charge < -0.3 is 4.74 Å². The lowest BCUT2D eigenvalue weighted by atomic mass is 10.0. The second kappa shape index (κ2) is 18.7. The third-order valence-corrected chi connectivity index (χ3v) is 4.90. The fraction of sp³-hybridized carbons (Fsp3) is 0.826. The fourth-order valence-corrected chi connectivity index (χ4v) is 3.05. The van der Waals surface area contributed by atoms with Crippen molar-refractivity contribution in [1.29, 1.82) is 0 Å². The quantitative estimate of drug-likeness (QED) is 0.0817. The maximum Gasteiger partial charge on any atom is 0.341 e. The first-order chi connectivity index (χ1) is 12.6. The van der Waals surface area contributed by atoms with Gasteiger partial charge in [0.25, 0.3) is 0 Å². The molecular weight excluding hydrogens is 324 g/mol. The Bertz CT molecular complexity index is 374. The molecule has 0 bridgehead atoms. The van der Waals surface area contributed by atoms with E-state index in [1.807, 2.05) is 0 Å². The molecular formula is C23H42O3. The van der Waals surface area contributed by atoms with Crippen molar-refractivity contribution in [3.63, 3.8) is 0 Å². The van der Waals surface area contributed by atoms with Crippen molar-refractivity contribution in [3.05, 3.63) is 12.2 Å². The van der Waals surface area contributed by atoms with Gasteiger partial charge in [-0.05, 0) is 13.3 Å². The van der Waals surface area contributed by atoms with Crippen LogP contribution in [0.3, 0.4) is 0 Å². The van der Waals surface area contributed by atoms with Crippen LogP contribution in [0.15, 0.2) is 12.2 Å². The van der Waals surface area contributed by atoms with Crippen molar-refractivity contribution in [2.45, 2.75) is 117 Å². The molecule has 26 heavy (non-hydrogen) atoms. The molecule has 0 rings (SSSR count). The topological polar surface area (TPSA) is 43.4 Å². The van der Waals surface area contributed by atoms with Crippen LogP contribution in [0.25, 0.3) is 0 Å². The monoisotopic (exact) mass is 366 g/mol. The number of carbonyl (C=O) groups excluding carboxylic acids is 2. The Morgan fingerprint density at radius 1 is 0.654 bits per heavy atom. The van der Waals surface area contributed by atoms with Gasteiger partial charge in [-0.15, -0.1) is 0 Å². The van der Waals surface area contributed by atoms with E-state index in [1.165, 1.54) is 96.8 Å². The van der Waals surface area contributed by atoms with Crippen molar-refractivity contribution in [2.75, 3.05) is 6.61 Å². The van der Waals surface area contributed by atoms with Gasteiger partial charge in [0.05, 0.1) is 12.2 Å². The third kappa shape index (κ3) is 16.4. The van der Waals surface area contributed by atoms with Crippen LogP contribution >= 0.6 is 0 Å². The number of rotatable bonds is 19. The summed E-state index contributed by atoms with van der Waals surface area (Å²) in [5, 5.41) is 0. The molecule has 0 saturated heterocycles. The molecule has 0 aliphatic carbocycles. The highest BCUT2D eigenvalue weighted by molar-refractivity contribution is 6.15. The molecule has 152 valence electrons. The summed E-state index contributed by atoms with van der Waals surface area (Å²) in [7, 11) is 0. The molecule has 0 unspecified atom stereocenters. The van der Waals surface area contributed by atoms with Gasteiger partial charge >= 0.3 is 5.97 Å². The van der Waals surface area contributed by atoms with Crippen molar-refractivity contribution in [1.82, 2.24) is 0 Å². The zero-order valence-electron chi connectivity index (χ0n) is 17.5. The van der Waals surface area contributed by atoms with Gasteiger partial charge in [0.15, 0.2) is 5.78 Å². The molecule has 0 saturated carbocycles. The van der Waals surface area contributed by atoms with Crippen LogP contribution in [0.1, 0.15) is 117 Å². The van der Waals surface area contributed by atoms with E-state index in [4.69, 9.17) is 4.74 Å². The average molecular weight is 367 g/mol. The van der Waals surface area contributed by atoms with E-state index in [1.54, 1.807) is 0 Å². The summed E-state index contributed by atoms with van der Waals surface area (Å²) in [5.41, 5.74) is -0.0542. The number of Topliss-reactive ketones (excluding diaryl/α,β-unsaturated/α-hetero) is 1. The Labute approximate surface area is 162 Å². The summed E-state index contributed by atoms with van der Waals surface area (Å²) in [5.74, 6) is -0.888. The highest BCUT2D eigenvalue weighted by atomic mass is 16.5. The molecule has 0 spiro atoms. The number of hydrogen-bond acceptors (Lipinski definition) is 3. The smallest absolute Gasteiger partial charge is 0.341 e. The largest absolute Gasteiger partial charge is 0.462 e.